The van der Waals surface area contributed by atoms with E-state index in [1.165, 1.54) is 38.3 Å². The van der Waals surface area contributed by atoms with E-state index >= 15 is 0 Å². The minimum absolute atomic E-state index is 0.245. The summed E-state index contributed by atoms with van der Waals surface area (Å²) in [5.41, 5.74) is 0. The number of fused-ring (bicyclic) bond motifs is 1. The quantitative estimate of drug-likeness (QED) is 0.778. The first-order chi connectivity index (χ1) is 12.0. The molecule has 5 nitrogen and oxygen atoms in total. The highest BCUT2D eigenvalue weighted by Gasteiger charge is 2.20. The van der Waals surface area contributed by atoms with Crippen molar-refractivity contribution in [3.05, 3.63) is 35.6 Å². The number of sulfonamides is 1. The summed E-state index contributed by atoms with van der Waals surface area (Å²) in [5.74, 6) is 0. The van der Waals surface area contributed by atoms with Crippen molar-refractivity contribution in [3.63, 3.8) is 0 Å². The van der Waals surface area contributed by atoms with E-state index in [0.29, 0.717) is 35.1 Å². The Bertz CT molecular complexity index is 835. The highest BCUT2D eigenvalue weighted by Crippen LogP contribution is 2.27. The van der Waals surface area contributed by atoms with Gasteiger partial charge in [-0.2, -0.15) is 0 Å². The van der Waals surface area contributed by atoms with Crippen LogP contribution in [0.3, 0.4) is 0 Å². The van der Waals surface area contributed by atoms with Crippen molar-refractivity contribution < 1.29 is 8.42 Å². The molecule has 1 aromatic carbocycles. The number of nitrogens with one attached hydrogen (secondary N) is 1. The van der Waals surface area contributed by atoms with Gasteiger partial charge in [-0.25, -0.2) is 18.1 Å². The minimum Gasteiger partial charge on any atom is -0.302 e. The largest absolute Gasteiger partial charge is 0.302 e. The van der Waals surface area contributed by atoms with E-state index in [2.05, 4.69) is 21.7 Å². The van der Waals surface area contributed by atoms with Crippen molar-refractivity contribution in [1.29, 1.82) is 0 Å². The molecule has 1 heterocycles. The van der Waals surface area contributed by atoms with Crippen LogP contribution in [0.15, 0.2) is 35.4 Å². The Morgan fingerprint density at radius 3 is 2.72 bits per heavy atom. The zero-order valence-electron chi connectivity index (χ0n) is 14.4. The van der Waals surface area contributed by atoms with E-state index < -0.39 is 10.0 Å². The van der Waals surface area contributed by atoms with Gasteiger partial charge in [0.15, 0.2) is 0 Å². The monoisotopic (exact) mass is 381 g/mol. The van der Waals surface area contributed by atoms with Gasteiger partial charge in [0.05, 0.1) is 4.90 Å². The van der Waals surface area contributed by atoms with Gasteiger partial charge < -0.3 is 4.90 Å². The number of halogens is 1. The number of aromatic nitrogens is 1. The molecule has 1 aliphatic rings. The number of likely N-dealkylation sites (N-methyl/N-ethyl adjacent to an activating group) is 1. The first-order valence-corrected chi connectivity index (χ1v) is 10.6. The summed E-state index contributed by atoms with van der Waals surface area (Å²) in [6.07, 6.45) is 7.79. The second kappa shape index (κ2) is 7.99. The van der Waals surface area contributed by atoms with E-state index in [9.17, 15) is 8.42 Å². The van der Waals surface area contributed by atoms with Crippen LogP contribution in [0.4, 0.5) is 0 Å². The van der Waals surface area contributed by atoms with Crippen LogP contribution in [-0.2, 0) is 10.0 Å². The van der Waals surface area contributed by atoms with E-state index in [-0.39, 0.29) is 4.90 Å². The maximum atomic E-state index is 12.7. The number of rotatable bonds is 6. The van der Waals surface area contributed by atoms with Gasteiger partial charge in [0.25, 0.3) is 0 Å². The third kappa shape index (κ3) is 4.31. The van der Waals surface area contributed by atoms with Crippen LogP contribution < -0.4 is 4.72 Å². The first-order valence-electron chi connectivity index (χ1n) is 8.72. The molecule has 0 unspecified atom stereocenters. The van der Waals surface area contributed by atoms with Gasteiger partial charge in [0.1, 0.15) is 5.15 Å². The molecule has 0 atom stereocenters. The van der Waals surface area contributed by atoms with E-state index in [1.54, 1.807) is 24.3 Å². The number of hydrogen-bond donors (Lipinski definition) is 1. The Morgan fingerprint density at radius 2 is 1.96 bits per heavy atom. The predicted octanol–water partition coefficient (Wildman–Crippen LogP) is 3.43. The van der Waals surface area contributed by atoms with Gasteiger partial charge in [-0.1, -0.05) is 43.0 Å². The Hall–Kier alpha value is -1.21. The highest BCUT2D eigenvalue weighted by molar-refractivity contribution is 7.89. The maximum Gasteiger partial charge on any atom is 0.241 e. The topological polar surface area (TPSA) is 62.3 Å². The molecular formula is C18H24ClN3O2S. The molecule has 0 aliphatic heterocycles. The second-order valence-corrected chi connectivity index (χ2v) is 8.72. The van der Waals surface area contributed by atoms with Gasteiger partial charge in [-0.3, -0.25) is 0 Å². The second-order valence-electron chi connectivity index (χ2n) is 6.62. The molecule has 1 fully saturated rings. The fourth-order valence-corrected chi connectivity index (χ4v) is 4.98. The fraction of sp³-hybridized carbons (Fsp3) is 0.500. The van der Waals surface area contributed by atoms with Crippen molar-refractivity contribution in [3.8, 4) is 0 Å². The van der Waals surface area contributed by atoms with Gasteiger partial charge in [-0.05, 0) is 32.0 Å². The molecule has 0 saturated heterocycles. The zero-order chi connectivity index (χ0) is 17.9. The van der Waals surface area contributed by atoms with Gasteiger partial charge in [0, 0.05) is 36.1 Å². The van der Waals surface area contributed by atoms with E-state index in [4.69, 9.17) is 11.6 Å². The van der Waals surface area contributed by atoms with Crippen LogP contribution in [0.2, 0.25) is 5.15 Å². The molecule has 25 heavy (non-hydrogen) atoms. The van der Waals surface area contributed by atoms with Crippen molar-refractivity contribution in [2.24, 2.45) is 0 Å². The average molecular weight is 382 g/mol. The molecule has 2 aromatic rings. The lowest BCUT2D eigenvalue weighted by molar-refractivity contribution is 0.195. The van der Waals surface area contributed by atoms with Crippen molar-refractivity contribution in [2.45, 2.75) is 43.0 Å². The van der Waals surface area contributed by atoms with E-state index in [0.717, 1.165) is 0 Å². The molecule has 3 rings (SSSR count). The predicted molar refractivity (Wildman–Crippen MR) is 101 cm³/mol. The molecule has 0 bridgehead atoms. The van der Waals surface area contributed by atoms with Crippen molar-refractivity contribution in [1.82, 2.24) is 14.6 Å². The number of pyridine rings is 1. The first kappa shape index (κ1) is 18.6. The molecule has 1 N–H and O–H groups in total. The molecular weight excluding hydrogens is 358 g/mol. The summed E-state index contributed by atoms with van der Waals surface area (Å²) >= 11 is 6.08. The fourth-order valence-electron chi connectivity index (χ4n) is 3.52. The lowest BCUT2D eigenvalue weighted by Crippen LogP contribution is -2.39. The van der Waals surface area contributed by atoms with Crippen molar-refractivity contribution >= 4 is 32.4 Å². The Morgan fingerprint density at radius 1 is 1.20 bits per heavy atom. The molecule has 1 aromatic heterocycles. The van der Waals surface area contributed by atoms with Crippen molar-refractivity contribution in [2.75, 3.05) is 20.1 Å². The standard InChI is InChI=1S/C18H24ClN3O2S/c1-22(14-6-3-2-4-7-14)13-12-21-25(23,24)17-9-5-8-16-15(17)10-11-20-18(16)19/h5,8-11,14,21H,2-4,6-7,12-13H2,1H3. The summed E-state index contributed by atoms with van der Waals surface area (Å²) in [6, 6.07) is 7.33. The van der Waals surface area contributed by atoms with Crippen LogP contribution in [0.5, 0.6) is 0 Å². The molecule has 1 aliphatic carbocycles. The molecule has 0 radical (unpaired) electrons. The lowest BCUT2D eigenvalue weighted by Gasteiger charge is -2.31. The maximum absolute atomic E-state index is 12.7. The van der Waals surface area contributed by atoms with Gasteiger partial charge >= 0.3 is 0 Å². The third-order valence-electron chi connectivity index (χ3n) is 4.96. The summed E-state index contributed by atoms with van der Waals surface area (Å²) in [4.78, 5) is 6.53. The van der Waals surface area contributed by atoms with Crippen LogP contribution in [-0.4, -0.2) is 44.5 Å². The highest BCUT2D eigenvalue weighted by atomic mass is 35.5. The Labute approximate surface area is 154 Å². The number of nitrogens with zero attached hydrogens (tertiary/aromatic N) is 2. The molecule has 136 valence electrons. The summed E-state index contributed by atoms with van der Waals surface area (Å²) in [7, 11) is -1.52. The van der Waals surface area contributed by atoms with Gasteiger partial charge in [-0.15, -0.1) is 0 Å². The average Bonchev–Trinajstić information content (AvgIpc) is 2.62. The normalized spacial score (nSPS) is 16.6. The summed E-state index contributed by atoms with van der Waals surface area (Å²) in [6.45, 7) is 1.10. The molecule has 1 saturated carbocycles. The zero-order valence-corrected chi connectivity index (χ0v) is 16.0. The minimum atomic E-state index is -3.59. The van der Waals surface area contributed by atoms with Gasteiger partial charge in [0.2, 0.25) is 10.0 Å². The smallest absolute Gasteiger partial charge is 0.241 e. The van der Waals surface area contributed by atoms with Crippen LogP contribution >= 0.6 is 11.6 Å². The van der Waals surface area contributed by atoms with Crippen LogP contribution in [0, 0.1) is 0 Å². The number of benzene rings is 1. The summed E-state index contributed by atoms with van der Waals surface area (Å²) in [5, 5.41) is 1.55. The molecule has 7 heteroatoms. The summed E-state index contributed by atoms with van der Waals surface area (Å²) < 4.78 is 28.2. The molecule has 0 spiro atoms. The third-order valence-corrected chi connectivity index (χ3v) is 6.78. The number of hydrogen-bond acceptors (Lipinski definition) is 4. The van der Waals surface area contributed by atoms with E-state index in [1.807, 2.05) is 0 Å². The lowest BCUT2D eigenvalue weighted by atomic mass is 9.94. The van der Waals surface area contributed by atoms with Crippen LogP contribution in [0.25, 0.3) is 10.8 Å². The molecule has 0 amide bonds. The van der Waals surface area contributed by atoms with Crippen LogP contribution in [0.1, 0.15) is 32.1 Å². The Kier molecular flexibility index (Phi) is 5.94. The Balaban J connectivity index is 1.69. The SMILES string of the molecule is CN(CCNS(=O)(=O)c1cccc2c(Cl)nccc12)C1CCCCC1.